The Bertz CT molecular complexity index is 339. The number of anilines is 1. The van der Waals surface area contributed by atoms with Gasteiger partial charge >= 0.3 is 0 Å². The van der Waals surface area contributed by atoms with Crippen LogP contribution in [0.15, 0.2) is 28.9 Å². The molecule has 0 fully saturated rings. The van der Waals surface area contributed by atoms with E-state index < -0.39 is 0 Å². The Labute approximate surface area is 86.4 Å². The number of rotatable bonds is 1. The lowest BCUT2D eigenvalue weighted by Gasteiger charge is -2.16. The monoisotopic (exact) mass is 238 g/mol. The van der Waals surface area contributed by atoms with E-state index in [0.29, 0.717) is 0 Å². The quantitative estimate of drug-likeness (QED) is 0.700. The maximum Gasteiger partial charge on any atom is 0.129 e. The molecule has 0 atom stereocenters. The average molecular weight is 239 g/mol. The van der Waals surface area contributed by atoms with Crippen molar-refractivity contribution >= 4 is 21.7 Å². The molecule has 0 radical (unpaired) electrons. The molecule has 0 amide bonds. The molecule has 1 aliphatic rings. The molecule has 1 aromatic heterocycles. The number of aryl methyl sites for hydroxylation is 1. The molecule has 3 heteroatoms. The van der Waals surface area contributed by atoms with Crippen LogP contribution in [0, 0.1) is 6.92 Å². The van der Waals surface area contributed by atoms with Crippen LogP contribution < -0.4 is 4.90 Å². The molecular formula is C10H11BrN2. The summed E-state index contributed by atoms with van der Waals surface area (Å²) in [5.41, 5.74) is 1.23. The normalized spacial score (nSPS) is 15.4. The number of nitrogens with zero attached hydrogens (tertiary/aromatic N) is 2. The number of hydrogen-bond acceptors (Lipinski definition) is 2. The Morgan fingerprint density at radius 2 is 2.08 bits per heavy atom. The topological polar surface area (TPSA) is 16.1 Å². The van der Waals surface area contributed by atoms with Crippen molar-refractivity contribution in [2.75, 3.05) is 18.0 Å². The largest absolute Gasteiger partial charge is 0.349 e. The van der Waals surface area contributed by atoms with Crippen LogP contribution in [0.5, 0.6) is 0 Å². The molecular weight excluding hydrogens is 228 g/mol. The molecule has 1 aromatic rings. The lowest BCUT2D eigenvalue weighted by Crippen LogP contribution is -2.19. The maximum absolute atomic E-state index is 4.36. The summed E-state index contributed by atoms with van der Waals surface area (Å²) in [6, 6.07) is 2.11. The summed E-state index contributed by atoms with van der Waals surface area (Å²) in [6.45, 7) is 4.04. The van der Waals surface area contributed by atoms with E-state index in [0.717, 1.165) is 23.4 Å². The number of halogens is 1. The Hall–Kier alpha value is -0.830. The fraction of sp³-hybridized carbons (Fsp3) is 0.300. The van der Waals surface area contributed by atoms with Gasteiger partial charge in [-0.1, -0.05) is 12.2 Å². The molecule has 0 bridgehead atoms. The number of hydrogen-bond donors (Lipinski definition) is 0. The van der Waals surface area contributed by atoms with Crippen LogP contribution >= 0.6 is 15.9 Å². The molecule has 68 valence electrons. The van der Waals surface area contributed by atoms with E-state index in [4.69, 9.17) is 0 Å². The Balaban J connectivity index is 2.26. The van der Waals surface area contributed by atoms with Gasteiger partial charge in [0.25, 0.3) is 0 Å². The first-order valence-electron chi connectivity index (χ1n) is 4.29. The van der Waals surface area contributed by atoms with Gasteiger partial charge in [0.05, 0.1) is 0 Å². The predicted molar refractivity (Wildman–Crippen MR) is 58.0 cm³/mol. The van der Waals surface area contributed by atoms with Gasteiger partial charge in [-0.3, -0.25) is 0 Å². The van der Waals surface area contributed by atoms with Crippen LogP contribution in [0.4, 0.5) is 5.82 Å². The molecule has 2 rings (SSSR count). The van der Waals surface area contributed by atoms with Gasteiger partial charge in [0.1, 0.15) is 5.82 Å². The van der Waals surface area contributed by atoms with E-state index >= 15 is 0 Å². The smallest absolute Gasteiger partial charge is 0.129 e. The van der Waals surface area contributed by atoms with Gasteiger partial charge < -0.3 is 4.90 Å². The molecule has 1 aliphatic heterocycles. The van der Waals surface area contributed by atoms with Gasteiger partial charge in [0.2, 0.25) is 0 Å². The summed E-state index contributed by atoms with van der Waals surface area (Å²) >= 11 is 3.44. The third-order valence-electron chi connectivity index (χ3n) is 2.17. The van der Waals surface area contributed by atoms with Gasteiger partial charge in [-0.05, 0) is 34.5 Å². The van der Waals surface area contributed by atoms with Crippen molar-refractivity contribution in [3.05, 3.63) is 34.5 Å². The Morgan fingerprint density at radius 3 is 2.69 bits per heavy atom. The lowest BCUT2D eigenvalue weighted by molar-refractivity contribution is 0.964. The zero-order valence-electron chi connectivity index (χ0n) is 7.50. The summed E-state index contributed by atoms with van der Waals surface area (Å²) in [4.78, 5) is 6.60. The van der Waals surface area contributed by atoms with Crippen LogP contribution in [0.1, 0.15) is 5.56 Å². The molecule has 2 heterocycles. The van der Waals surface area contributed by atoms with Gasteiger partial charge in [-0.25, -0.2) is 4.98 Å². The zero-order chi connectivity index (χ0) is 9.26. The third kappa shape index (κ3) is 1.75. The number of pyridine rings is 1. The van der Waals surface area contributed by atoms with Crippen molar-refractivity contribution in [2.24, 2.45) is 0 Å². The van der Waals surface area contributed by atoms with E-state index in [1.165, 1.54) is 5.56 Å². The van der Waals surface area contributed by atoms with E-state index in [9.17, 15) is 0 Å². The van der Waals surface area contributed by atoms with Gasteiger partial charge in [0, 0.05) is 23.8 Å². The van der Waals surface area contributed by atoms with Gasteiger partial charge in [0.15, 0.2) is 0 Å². The highest BCUT2D eigenvalue weighted by molar-refractivity contribution is 9.10. The van der Waals surface area contributed by atoms with Crippen LogP contribution in [0.2, 0.25) is 0 Å². The van der Waals surface area contributed by atoms with Crippen LogP contribution in [0.25, 0.3) is 0 Å². The molecule has 0 N–H and O–H groups in total. The van der Waals surface area contributed by atoms with Crippen LogP contribution in [0.3, 0.4) is 0 Å². The van der Waals surface area contributed by atoms with Crippen LogP contribution in [-0.2, 0) is 0 Å². The molecule has 2 nitrogen and oxygen atoms in total. The molecule has 0 aromatic carbocycles. The highest BCUT2D eigenvalue weighted by Gasteiger charge is 2.09. The maximum atomic E-state index is 4.36. The number of aromatic nitrogens is 1. The first-order chi connectivity index (χ1) is 6.27. The van der Waals surface area contributed by atoms with E-state index in [1.807, 2.05) is 6.20 Å². The summed E-state index contributed by atoms with van der Waals surface area (Å²) < 4.78 is 1.07. The minimum Gasteiger partial charge on any atom is -0.349 e. The second-order valence-corrected chi connectivity index (χ2v) is 4.02. The predicted octanol–water partition coefficient (Wildman–Crippen LogP) is 2.53. The lowest BCUT2D eigenvalue weighted by atomic mass is 10.3. The fourth-order valence-corrected chi connectivity index (χ4v) is 1.58. The Kier molecular flexibility index (Phi) is 2.36. The van der Waals surface area contributed by atoms with E-state index in [1.54, 1.807) is 0 Å². The molecule has 0 aliphatic carbocycles. The second kappa shape index (κ2) is 3.50. The molecule has 0 saturated heterocycles. The molecule has 0 spiro atoms. The highest BCUT2D eigenvalue weighted by atomic mass is 79.9. The summed E-state index contributed by atoms with van der Waals surface area (Å²) in [5.74, 6) is 1.06. The van der Waals surface area contributed by atoms with Crippen molar-refractivity contribution in [1.29, 1.82) is 0 Å². The van der Waals surface area contributed by atoms with Crippen molar-refractivity contribution in [2.45, 2.75) is 6.92 Å². The van der Waals surface area contributed by atoms with Crippen LogP contribution in [-0.4, -0.2) is 18.1 Å². The zero-order valence-corrected chi connectivity index (χ0v) is 9.08. The van der Waals surface area contributed by atoms with Crippen molar-refractivity contribution < 1.29 is 0 Å². The summed E-state index contributed by atoms with van der Waals surface area (Å²) in [6.07, 6.45) is 6.20. The van der Waals surface area contributed by atoms with Crippen molar-refractivity contribution in [3.63, 3.8) is 0 Å². The second-order valence-electron chi connectivity index (χ2n) is 3.17. The fourth-order valence-electron chi connectivity index (χ4n) is 1.36. The highest BCUT2D eigenvalue weighted by Crippen LogP contribution is 2.20. The molecule has 13 heavy (non-hydrogen) atoms. The van der Waals surface area contributed by atoms with Crippen molar-refractivity contribution in [1.82, 2.24) is 4.98 Å². The summed E-state index contributed by atoms with van der Waals surface area (Å²) in [7, 11) is 0. The molecule has 0 saturated carbocycles. The first-order valence-corrected chi connectivity index (χ1v) is 5.09. The van der Waals surface area contributed by atoms with Crippen molar-refractivity contribution in [3.8, 4) is 0 Å². The Morgan fingerprint density at radius 1 is 1.38 bits per heavy atom. The average Bonchev–Trinajstić information content (AvgIpc) is 2.62. The first kappa shape index (κ1) is 8.75. The minimum absolute atomic E-state index is 0.980. The minimum atomic E-state index is 0.980. The summed E-state index contributed by atoms with van der Waals surface area (Å²) in [5, 5.41) is 0. The third-order valence-corrected chi connectivity index (χ3v) is 3.00. The standard InChI is InChI=1S/C10H11BrN2/c1-8-6-10(12-7-9(8)11)13-4-2-3-5-13/h2-3,6-7H,4-5H2,1H3. The van der Waals surface area contributed by atoms with Gasteiger partial charge in [-0.15, -0.1) is 0 Å². The SMILES string of the molecule is Cc1cc(N2CC=CC2)ncc1Br. The van der Waals surface area contributed by atoms with E-state index in [-0.39, 0.29) is 0 Å². The van der Waals surface area contributed by atoms with Gasteiger partial charge in [-0.2, -0.15) is 0 Å². The molecule has 0 unspecified atom stereocenters. The van der Waals surface area contributed by atoms with E-state index in [2.05, 4.69) is 51.0 Å².